The molecule has 2 aromatic carbocycles. The van der Waals surface area contributed by atoms with E-state index >= 15 is 0 Å². The Morgan fingerprint density at radius 2 is 1.13 bits per heavy atom. The first kappa shape index (κ1) is 20.2. The van der Waals surface area contributed by atoms with Crippen LogP contribution in [-0.2, 0) is 13.1 Å². The first-order chi connectivity index (χ1) is 15.4. The maximum absolute atomic E-state index is 4.42. The molecule has 0 aliphatic carbocycles. The molecule has 0 atom stereocenters. The molecular formula is C25H24N6+2. The van der Waals surface area contributed by atoms with Crippen molar-refractivity contribution in [1.29, 1.82) is 0 Å². The Hall–Kier alpha value is -4.06. The van der Waals surface area contributed by atoms with Crippen LogP contribution < -0.4 is 9.13 Å². The third-order valence-corrected chi connectivity index (χ3v) is 4.64. The Bertz CT molecular complexity index is 1160. The van der Waals surface area contributed by atoms with Gasteiger partial charge in [-0.15, -0.1) is 5.11 Å². The highest BCUT2D eigenvalue weighted by atomic mass is 15.2. The van der Waals surface area contributed by atoms with Crippen LogP contribution in [0.1, 0.15) is 6.42 Å². The number of aryl methyl sites for hydroxylation is 2. The molecule has 0 aliphatic heterocycles. The number of hydrogen-bond acceptors (Lipinski definition) is 4. The molecule has 0 aliphatic rings. The Morgan fingerprint density at radius 1 is 0.516 bits per heavy atom. The van der Waals surface area contributed by atoms with Gasteiger partial charge in [-0.25, -0.2) is 9.13 Å². The van der Waals surface area contributed by atoms with Gasteiger partial charge in [0.2, 0.25) is 0 Å². The number of azo groups is 2. The molecule has 152 valence electrons. The van der Waals surface area contributed by atoms with E-state index in [0.717, 1.165) is 42.4 Å². The summed E-state index contributed by atoms with van der Waals surface area (Å²) in [5.74, 6) is 0.835. The molecule has 0 N–H and O–H groups in total. The maximum atomic E-state index is 4.42. The van der Waals surface area contributed by atoms with Gasteiger partial charge in [0.1, 0.15) is 11.4 Å². The first-order valence-corrected chi connectivity index (χ1v) is 10.3. The molecule has 0 saturated carbocycles. The molecule has 6 nitrogen and oxygen atoms in total. The van der Waals surface area contributed by atoms with Gasteiger partial charge in [-0.05, 0) is 41.5 Å². The molecule has 0 spiro atoms. The number of benzene rings is 2. The van der Waals surface area contributed by atoms with E-state index in [-0.39, 0.29) is 0 Å². The van der Waals surface area contributed by atoms with Gasteiger partial charge < -0.3 is 0 Å². The van der Waals surface area contributed by atoms with Crippen molar-refractivity contribution < 1.29 is 9.13 Å². The Morgan fingerprint density at radius 3 is 1.87 bits per heavy atom. The lowest BCUT2D eigenvalue weighted by Gasteiger charge is -2.00. The SMILES string of the molecule is c1ccc(N=Nc2ccc[n+](CCC[n+]3ccccc3N=Nc3ccccc3)c2)cc1. The van der Waals surface area contributed by atoms with E-state index in [2.05, 4.69) is 29.6 Å². The van der Waals surface area contributed by atoms with Crippen molar-refractivity contribution in [2.75, 3.05) is 0 Å². The van der Waals surface area contributed by atoms with Crippen molar-refractivity contribution in [2.45, 2.75) is 19.5 Å². The predicted octanol–water partition coefficient (Wildman–Crippen LogP) is 6.18. The van der Waals surface area contributed by atoms with Crippen LogP contribution in [0.2, 0.25) is 0 Å². The molecule has 0 amide bonds. The fraction of sp³-hybridized carbons (Fsp3) is 0.120. The standard InChI is InChI=1S/C25H24N6/c1-3-11-22(12-4-1)26-28-24-15-9-17-30(21-24)18-10-20-31-19-8-7-16-25(31)29-27-23-13-5-2-6-14-23/h1-9,11-17,19,21H,10,18,20H2/q+2. The molecule has 2 heterocycles. The Kier molecular flexibility index (Phi) is 6.94. The van der Waals surface area contributed by atoms with Gasteiger partial charge in [-0.2, -0.15) is 5.11 Å². The number of aromatic nitrogens is 2. The van der Waals surface area contributed by atoms with Gasteiger partial charge >= 0.3 is 5.82 Å². The highest BCUT2D eigenvalue weighted by molar-refractivity contribution is 5.37. The molecule has 4 aromatic rings. The lowest BCUT2D eigenvalue weighted by atomic mass is 10.3. The number of pyridine rings is 2. The minimum Gasteiger partial charge on any atom is -0.229 e. The van der Waals surface area contributed by atoms with Crippen molar-refractivity contribution in [1.82, 2.24) is 0 Å². The molecule has 0 unspecified atom stereocenters. The second-order valence-electron chi connectivity index (χ2n) is 6.98. The van der Waals surface area contributed by atoms with Gasteiger partial charge in [0.05, 0.1) is 23.5 Å². The van der Waals surface area contributed by atoms with Crippen LogP contribution in [0, 0.1) is 0 Å². The minimum atomic E-state index is 0.830. The summed E-state index contributed by atoms with van der Waals surface area (Å²) in [6, 6.07) is 29.4. The van der Waals surface area contributed by atoms with Crippen molar-refractivity contribution >= 4 is 22.9 Å². The van der Waals surface area contributed by atoms with Gasteiger partial charge in [0, 0.05) is 18.6 Å². The molecule has 6 heteroatoms. The zero-order chi connectivity index (χ0) is 21.1. The Balaban J connectivity index is 1.37. The summed E-state index contributed by atoms with van der Waals surface area (Å²) in [5.41, 5.74) is 2.52. The fourth-order valence-electron chi connectivity index (χ4n) is 3.09. The summed E-state index contributed by atoms with van der Waals surface area (Å²) < 4.78 is 4.25. The Labute approximate surface area is 181 Å². The normalized spacial score (nSPS) is 11.4. The van der Waals surface area contributed by atoms with E-state index in [0.29, 0.717) is 0 Å². The van der Waals surface area contributed by atoms with Gasteiger partial charge in [0.25, 0.3) is 0 Å². The topological polar surface area (TPSA) is 57.2 Å². The lowest BCUT2D eigenvalue weighted by molar-refractivity contribution is -0.721. The van der Waals surface area contributed by atoms with Gasteiger partial charge in [-0.1, -0.05) is 42.5 Å². The summed E-state index contributed by atoms with van der Waals surface area (Å²) in [7, 11) is 0. The smallest absolute Gasteiger partial charge is 0.229 e. The maximum Gasteiger partial charge on any atom is 0.350 e. The lowest BCUT2D eigenvalue weighted by Crippen LogP contribution is -2.38. The molecule has 2 aromatic heterocycles. The second kappa shape index (κ2) is 10.6. The minimum absolute atomic E-state index is 0.830. The summed E-state index contributed by atoms with van der Waals surface area (Å²) >= 11 is 0. The molecular weight excluding hydrogens is 384 g/mol. The number of hydrogen-bond donors (Lipinski definition) is 0. The molecule has 0 fully saturated rings. The highest BCUT2D eigenvalue weighted by Crippen LogP contribution is 2.16. The highest BCUT2D eigenvalue weighted by Gasteiger charge is 2.10. The molecule has 4 rings (SSSR count). The van der Waals surface area contributed by atoms with E-state index in [9.17, 15) is 0 Å². The van der Waals surface area contributed by atoms with E-state index in [1.54, 1.807) is 0 Å². The first-order valence-electron chi connectivity index (χ1n) is 10.3. The van der Waals surface area contributed by atoms with Crippen molar-refractivity contribution in [3.05, 3.63) is 110 Å². The molecule has 0 saturated heterocycles. The van der Waals surface area contributed by atoms with Crippen molar-refractivity contribution in [3.63, 3.8) is 0 Å². The fourth-order valence-corrected chi connectivity index (χ4v) is 3.09. The summed E-state index contributed by atoms with van der Waals surface area (Å²) in [4.78, 5) is 0. The monoisotopic (exact) mass is 408 g/mol. The molecule has 31 heavy (non-hydrogen) atoms. The predicted molar refractivity (Wildman–Crippen MR) is 119 cm³/mol. The van der Waals surface area contributed by atoms with Crippen LogP contribution >= 0.6 is 0 Å². The van der Waals surface area contributed by atoms with E-state index < -0.39 is 0 Å². The zero-order valence-electron chi connectivity index (χ0n) is 17.2. The van der Waals surface area contributed by atoms with E-state index in [1.165, 1.54) is 0 Å². The molecule has 0 bridgehead atoms. The average Bonchev–Trinajstić information content (AvgIpc) is 2.84. The summed E-state index contributed by atoms with van der Waals surface area (Å²) in [5, 5.41) is 17.4. The van der Waals surface area contributed by atoms with Gasteiger partial charge in [-0.3, -0.25) is 0 Å². The average molecular weight is 409 g/mol. The quantitative estimate of drug-likeness (QED) is 0.247. The van der Waals surface area contributed by atoms with Crippen molar-refractivity contribution in [2.24, 2.45) is 20.5 Å². The largest absolute Gasteiger partial charge is 0.350 e. The van der Waals surface area contributed by atoms with Crippen LogP contribution in [0.3, 0.4) is 0 Å². The van der Waals surface area contributed by atoms with Crippen molar-refractivity contribution in [3.8, 4) is 0 Å². The van der Waals surface area contributed by atoms with Gasteiger partial charge in [0.15, 0.2) is 18.9 Å². The van der Waals surface area contributed by atoms with Crippen LogP contribution in [0.5, 0.6) is 0 Å². The summed E-state index contributed by atoms with van der Waals surface area (Å²) in [6.07, 6.45) is 7.05. The third kappa shape index (κ3) is 6.21. The number of nitrogens with zero attached hydrogens (tertiary/aromatic N) is 6. The van der Waals surface area contributed by atoms with E-state index in [4.69, 9.17) is 0 Å². The van der Waals surface area contributed by atoms with Crippen LogP contribution in [0.25, 0.3) is 0 Å². The summed E-state index contributed by atoms with van der Waals surface area (Å²) in [6.45, 7) is 1.71. The zero-order valence-corrected chi connectivity index (χ0v) is 17.2. The third-order valence-electron chi connectivity index (χ3n) is 4.64. The van der Waals surface area contributed by atoms with E-state index in [1.807, 2.05) is 110 Å². The molecule has 0 radical (unpaired) electrons. The van der Waals surface area contributed by atoms with Crippen LogP contribution in [0.15, 0.2) is 130 Å². The van der Waals surface area contributed by atoms with Crippen LogP contribution in [0.4, 0.5) is 22.9 Å². The number of rotatable bonds is 8. The second-order valence-corrected chi connectivity index (χ2v) is 6.98. The van der Waals surface area contributed by atoms with Crippen LogP contribution in [-0.4, -0.2) is 0 Å².